The SMILES string of the molecule is CC1(C)C=Cc2oc3c(c2C=C1)=CCCC=3. The topological polar surface area (TPSA) is 13.1 Å². The molecule has 0 radical (unpaired) electrons. The van der Waals surface area contributed by atoms with Crippen LogP contribution in [0.25, 0.3) is 24.3 Å². The lowest BCUT2D eigenvalue weighted by Gasteiger charge is -2.12. The quantitative estimate of drug-likeness (QED) is 0.644. The summed E-state index contributed by atoms with van der Waals surface area (Å²) in [6.45, 7) is 4.41. The third-order valence-electron chi connectivity index (χ3n) is 3.23. The van der Waals surface area contributed by atoms with E-state index in [1.165, 1.54) is 10.8 Å². The van der Waals surface area contributed by atoms with Crippen molar-refractivity contribution in [2.24, 2.45) is 5.41 Å². The van der Waals surface area contributed by atoms with Crippen molar-refractivity contribution >= 4 is 24.3 Å². The van der Waals surface area contributed by atoms with E-state index in [0.717, 1.165) is 24.0 Å². The lowest BCUT2D eigenvalue weighted by atomic mass is 9.93. The molecule has 1 nitrogen and oxygen atoms in total. The van der Waals surface area contributed by atoms with Gasteiger partial charge >= 0.3 is 0 Å². The molecule has 1 heteroatoms. The molecule has 1 heterocycles. The van der Waals surface area contributed by atoms with Crippen molar-refractivity contribution in [2.45, 2.75) is 26.7 Å². The van der Waals surface area contributed by atoms with Crippen molar-refractivity contribution in [2.75, 3.05) is 0 Å². The van der Waals surface area contributed by atoms with Gasteiger partial charge in [-0.2, -0.15) is 0 Å². The summed E-state index contributed by atoms with van der Waals surface area (Å²) in [5.41, 5.74) is 2.41. The van der Waals surface area contributed by atoms with Crippen LogP contribution in [0.15, 0.2) is 16.6 Å². The summed E-state index contributed by atoms with van der Waals surface area (Å²) in [5, 5.41) is 1.28. The summed E-state index contributed by atoms with van der Waals surface area (Å²) < 4.78 is 5.88. The summed E-state index contributed by atoms with van der Waals surface area (Å²) >= 11 is 0. The van der Waals surface area contributed by atoms with Crippen LogP contribution in [-0.2, 0) is 0 Å². The zero-order valence-corrected chi connectivity index (χ0v) is 9.79. The molecule has 0 saturated carbocycles. The lowest BCUT2D eigenvalue weighted by molar-refractivity contribution is 0.518. The minimum Gasteiger partial charge on any atom is -0.456 e. The second kappa shape index (κ2) is 3.24. The molecule has 0 saturated heterocycles. The highest BCUT2D eigenvalue weighted by Gasteiger charge is 2.16. The van der Waals surface area contributed by atoms with Gasteiger partial charge in [0.1, 0.15) is 11.2 Å². The standard InChI is InChI=1S/C15H16O/c1-15(2)9-7-12-11-5-3-4-6-13(11)16-14(12)8-10-15/h5-10H,3-4H2,1-2H3. The molecule has 0 N–H and O–H groups in total. The van der Waals surface area contributed by atoms with Crippen LogP contribution >= 0.6 is 0 Å². The van der Waals surface area contributed by atoms with Gasteiger partial charge in [0, 0.05) is 16.2 Å². The Morgan fingerprint density at radius 2 is 1.81 bits per heavy atom. The first-order valence-corrected chi connectivity index (χ1v) is 5.87. The van der Waals surface area contributed by atoms with Gasteiger partial charge in [-0.25, -0.2) is 0 Å². The maximum absolute atomic E-state index is 5.88. The Labute approximate surface area is 95.5 Å². The number of allylic oxidation sites excluding steroid dienone is 2. The van der Waals surface area contributed by atoms with E-state index in [1.54, 1.807) is 0 Å². The smallest absolute Gasteiger partial charge is 0.135 e. The first kappa shape index (κ1) is 9.71. The Morgan fingerprint density at radius 3 is 2.69 bits per heavy atom. The predicted octanol–water partition coefficient (Wildman–Crippen LogP) is 2.70. The molecule has 0 atom stereocenters. The fourth-order valence-electron chi connectivity index (χ4n) is 2.24. The number of hydrogen-bond acceptors (Lipinski definition) is 1. The van der Waals surface area contributed by atoms with E-state index in [9.17, 15) is 0 Å². The molecule has 1 aromatic rings. The highest BCUT2D eigenvalue weighted by Crippen LogP contribution is 2.26. The molecule has 3 rings (SSSR count). The fraction of sp³-hybridized carbons (Fsp3) is 0.333. The van der Waals surface area contributed by atoms with E-state index in [-0.39, 0.29) is 5.41 Å². The van der Waals surface area contributed by atoms with Crippen LogP contribution in [0.1, 0.15) is 38.0 Å². The molecule has 0 aromatic carbocycles. The van der Waals surface area contributed by atoms with Crippen molar-refractivity contribution < 1.29 is 4.42 Å². The molecule has 0 fully saturated rings. The Kier molecular flexibility index (Phi) is 1.97. The third kappa shape index (κ3) is 1.47. The van der Waals surface area contributed by atoms with Crippen molar-refractivity contribution in [3.8, 4) is 0 Å². The van der Waals surface area contributed by atoms with Gasteiger partial charge in [-0.05, 0) is 25.0 Å². The van der Waals surface area contributed by atoms with Gasteiger partial charge in [0.25, 0.3) is 0 Å². The van der Waals surface area contributed by atoms with Crippen LogP contribution in [0.2, 0.25) is 0 Å². The number of furan rings is 1. The van der Waals surface area contributed by atoms with E-state index in [2.05, 4.69) is 50.3 Å². The minimum atomic E-state index is 0.118. The minimum absolute atomic E-state index is 0.118. The van der Waals surface area contributed by atoms with Crippen molar-refractivity contribution in [1.82, 2.24) is 0 Å². The second-order valence-electron chi connectivity index (χ2n) is 5.13. The molecule has 1 aromatic heterocycles. The molecule has 0 aliphatic heterocycles. The van der Waals surface area contributed by atoms with Crippen LogP contribution in [0, 0.1) is 5.41 Å². The van der Waals surface area contributed by atoms with Gasteiger partial charge in [0.2, 0.25) is 0 Å². The largest absolute Gasteiger partial charge is 0.456 e. The molecule has 0 unspecified atom stereocenters. The normalized spacial score (nSPS) is 20.4. The maximum Gasteiger partial charge on any atom is 0.135 e. The van der Waals surface area contributed by atoms with Crippen LogP contribution < -0.4 is 10.6 Å². The zero-order chi connectivity index (χ0) is 11.2. The first-order chi connectivity index (χ1) is 7.66. The zero-order valence-electron chi connectivity index (χ0n) is 9.79. The summed E-state index contributed by atoms with van der Waals surface area (Å²) in [6.07, 6.45) is 15.4. The molecule has 0 bridgehead atoms. The molecular weight excluding hydrogens is 196 g/mol. The monoisotopic (exact) mass is 212 g/mol. The van der Waals surface area contributed by atoms with Gasteiger partial charge in [-0.3, -0.25) is 0 Å². The summed E-state index contributed by atoms with van der Waals surface area (Å²) in [6, 6.07) is 0. The molecule has 0 spiro atoms. The molecule has 2 aliphatic rings. The fourth-order valence-corrected chi connectivity index (χ4v) is 2.24. The maximum atomic E-state index is 5.88. The van der Waals surface area contributed by atoms with E-state index >= 15 is 0 Å². The Balaban J connectivity index is 2.29. The number of hydrogen-bond donors (Lipinski definition) is 0. The van der Waals surface area contributed by atoms with Gasteiger partial charge < -0.3 is 4.42 Å². The van der Waals surface area contributed by atoms with Crippen LogP contribution in [0.4, 0.5) is 0 Å². The Hall–Kier alpha value is -1.50. The van der Waals surface area contributed by atoms with Crippen LogP contribution in [-0.4, -0.2) is 0 Å². The Bertz CT molecular complexity index is 594. The third-order valence-corrected chi connectivity index (χ3v) is 3.23. The lowest BCUT2D eigenvalue weighted by Crippen LogP contribution is -2.23. The van der Waals surface area contributed by atoms with Crippen LogP contribution in [0.3, 0.4) is 0 Å². The van der Waals surface area contributed by atoms with E-state index in [0.29, 0.717) is 0 Å². The van der Waals surface area contributed by atoms with Gasteiger partial charge in [-0.15, -0.1) is 0 Å². The van der Waals surface area contributed by atoms with Gasteiger partial charge in [0.05, 0.1) is 0 Å². The molecule has 0 amide bonds. The summed E-state index contributed by atoms with van der Waals surface area (Å²) in [5.74, 6) is 1.00. The van der Waals surface area contributed by atoms with Crippen LogP contribution in [0.5, 0.6) is 0 Å². The molecule has 82 valence electrons. The molecular formula is C15H16O. The van der Waals surface area contributed by atoms with E-state index in [4.69, 9.17) is 4.42 Å². The molecule has 2 aliphatic carbocycles. The van der Waals surface area contributed by atoms with Crippen molar-refractivity contribution in [3.63, 3.8) is 0 Å². The summed E-state index contributed by atoms with van der Waals surface area (Å²) in [7, 11) is 0. The number of rotatable bonds is 0. The highest BCUT2D eigenvalue weighted by molar-refractivity contribution is 5.67. The van der Waals surface area contributed by atoms with E-state index in [1.807, 2.05) is 0 Å². The summed E-state index contributed by atoms with van der Waals surface area (Å²) in [4.78, 5) is 0. The molecule has 16 heavy (non-hydrogen) atoms. The average molecular weight is 212 g/mol. The Morgan fingerprint density at radius 1 is 1.06 bits per heavy atom. The second-order valence-corrected chi connectivity index (χ2v) is 5.13. The van der Waals surface area contributed by atoms with E-state index < -0.39 is 0 Å². The number of fused-ring (bicyclic) bond motifs is 3. The van der Waals surface area contributed by atoms with Crippen molar-refractivity contribution in [3.05, 3.63) is 34.1 Å². The van der Waals surface area contributed by atoms with Crippen molar-refractivity contribution in [1.29, 1.82) is 0 Å². The highest BCUT2D eigenvalue weighted by atomic mass is 16.3. The predicted molar refractivity (Wildman–Crippen MR) is 68.0 cm³/mol. The first-order valence-electron chi connectivity index (χ1n) is 5.87. The van der Waals surface area contributed by atoms with Gasteiger partial charge in [0.15, 0.2) is 0 Å². The average Bonchev–Trinajstić information content (AvgIpc) is 2.54. The van der Waals surface area contributed by atoms with Gasteiger partial charge in [-0.1, -0.05) is 38.2 Å².